The fraction of sp³-hybridized carbons (Fsp3) is 0.368. The molecule has 0 bridgehead atoms. The summed E-state index contributed by atoms with van der Waals surface area (Å²) in [6, 6.07) is 3.62. The number of rotatable bonds is 3. The number of aryl methyl sites for hydroxylation is 2. The predicted octanol–water partition coefficient (Wildman–Crippen LogP) is 2.61. The molecule has 4 heterocycles. The summed E-state index contributed by atoms with van der Waals surface area (Å²) in [5, 5.41) is 4.34. The summed E-state index contributed by atoms with van der Waals surface area (Å²) in [5.74, 6) is -2.97. The standard InChI is InChI=1S/C19H19F2N7O/c1-12-3-4-14(10-22-12)28-17(15-11-23-13(2)9-24-15)25-16(26-28)18(29)27-7-5-19(20,21)6-8-27/h3-4,9-11H,5-8H2,1-2H3. The van der Waals surface area contributed by atoms with E-state index in [-0.39, 0.29) is 31.8 Å². The van der Waals surface area contributed by atoms with Crippen LogP contribution in [-0.4, -0.2) is 59.5 Å². The number of aromatic nitrogens is 6. The van der Waals surface area contributed by atoms with E-state index in [1.165, 1.54) is 9.58 Å². The Labute approximate surface area is 165 Å². The van der Waals surface area contributed by atoms with Gasteiger partial charge in [-0.3, -0.25) is 14.8 Å². The second-order valence-corrected chi connectivity index (χ2v) is 7.02. The topological polar surface area (TPSA) is 89.7 Å². The van der Waals surface area contributed by atoms with Crippen molar-refractivity contribution in [3.8, 4) is 17.2 Å². The van der Waals surface area contributed by atoms with Gasteiger partial charge in [0.25, 0.3) is 11.8 Å². The zero-order valence-electron chi connectivity index (χ0n) is 16.0. The first-order valence-electron chi connectivity index (χ1n) is 9.19. The van der Waals surface area contributed by atoms with Gasteiger partial charge in [0.15, 0.2) is 5.82 Å². The lowest BCUT2D eigenvalue weighted by molar-refractivity contribution is -0.0496. The maximum absolute atomic E-state index is 13.4. The Morgan fingerprint density at radius 1 is 1.00 bits per heavy atom. The van der Waals surface area contributed by atoms with E-state index in [0.717, 1.165) is 11.4 Å². The third kappa shape index (κ3) is 3.96. The molecular weight excluding hydrogens is 380 g/mol. The number of halogens is 2. The fourth-order valence-corrected chi connectivity index (χ4v) is 3.02. The quantitative estimate of drug-likeness (QED) is 0.673. The van der Waals surface area contributed by atoms with Gasteiger partial charge in [-0.05, 0) is 26.0 Å². The van der Waals surface area contributed by atoms with Crippen LogP contribution < -0.4 is 0 Å². The third-order valence-electron chi connectivity index (χ3n) is 4.73. The number of pyridine rings is 1. The van der Waals surface area contributed by atoms with Gasteiger partial charge in [-0.15, -0.1) is 5.10 Å². The molecule has 1 saturated heterocycles. The second-order valence-electron chi connectivity index (χ2n) is 7.02. The van der Waals surface area contributed by atoms with E-state index in [1.54, 1.807) is 24.7 Å². The van der Waals surface area contributed by atoms with Crippen molar-refractivity contribution in [1.29, 1.82) is 0 Å². The predicted molar refractivity (Wildman–Crippen MR) is 99.7 cm³/mol. The lowest BCUT2D eigenvalue weighted by Gasteiger charge is -2.30. The summed E-state index contributed by atoms with van der Waals surface area (Å²) in [7, 11) is 0. The van der Waals surface area contributed by atoms with Gasteiger partial charge in [0.2, 0.25) is 5.82 Å². The number of carbonyl (C=O) groups is 1. The van der Waals surface area contributed by atoms with E-state index in [9.17, 15) is 13.6 Å². The summed E-state index contributed by atoms with van der Waals surface area (Å²) < 4.78 is 28.3. The van der Waals surface area contributed by atoms with Crippen molar-refractivity contribution in [2.45, 2.75) is 32.6 Å². The van der Waals surface area contributed by atoms with Crippen LogP contribution in [0.2, 0.25) is 0 Å². The number of piperidine rings is 1. The lowest BCUT2D eigenvalue weighted by atomic mass is 10.1. The Balaban J connectivity index is 1.72. The highest BCUT2D eigenvalue weighted by atomic mass is 19.3. The minimum absolute atomic E-state index is 0.0356. The highest BCUT2D eigenvalue weighted by Crippen LogP contribution is 2.28. The van der Waals surface area contributed by atoms with Crippen molar-refractivity contribution in [3.05, 3.63) is 47.9 Å². The first-order valence-corrected chi connectivity index (χ1v) is 9.19. The van der Waals surface area contributed by atoms with Crippen molar-refractivity contribution < 1.29 is 13.6 Å². The fourth-order valence-electron chi connectivity index (χ4n) is 3.02. The Morgan fingerprint density at radius 2 is 1.72 bits per heavy atom. The van der Waals surface area contributed by atoms with E-state index in [4.69, 9.17) is 0 Å². The van der Waals surface area contributed by atoms with Crippen LogP contribution in [0.25, 0.3) is 17.2 Å². The van der Waals surface area contributed by atoms with Crippen LogP contribution in [0.15, 0.2) is 30.7 Å². The molecule has 0 spiro atoms. The zero-order valence-corrected chi connectivity index (χ0v) is 16.0. The van der Waals surface area contributed by atoms with Crippen LogP contribution in [0, 0.1) is 13.8 Å². The zero-order chi connectivity index (χ0) is 20.6. The minimum atomic E-state index is -2.74. The van der Waals surface area contributed by atoms with Gasteiger partial charge in [0, 0.05) is 37.8 Å². The van der Waals surface area contributed by atoms with Crippen molar-refractivity contribution >= 4 is 5.91 Å². The number of nitrogens with zero attached hydrogens (tertiary/aromatic N) is 7. The van der Waals surface area contributed by atoms with Gasteiger partial charge in [0.05, 0.1) is 23.8 Å². The molecule has 8 nitrogen and oxygen atoms in total. The van der Waals surface area contributed by atoms with Crippen molar-refractivity contribution in [2.24, 2.45) is 0 Å². The SMILES string of the molecule is Cc1ccc(-n2nc(C(=O)N3CCC(F)(F)CC3)nc2-c2cnc(C)cn2)cn1. The van der Waals surface area contributed by atoms with E-state index in [2.05, 4.69) is 25.0 Å². The summed E-state index contributed by atoms with van der Waals surface area (Å²) in [5.41, 5.74) is 2.61. The van der Waals surface area contributed by atoms with Gasteiger partial charge < -0.3 is 4.90 Å². The number of hydrogen-bond acceptors (Lipinski definition) is 6. The van der Waals surface area contributed by atoms with Crippen molar-refractivity contribution in [2.75, 3.05) is 13.1 Å². The van der Waals surface area contributed by atoms with Gasteiger partial charge >= 0.3 is 0 Å². The van der Waals surface area contributed by atoms with Crippen LogP contribution in [0.1, 0.15) is 34.8 Å². The van der Waals surface area contributed by atoms with Gasteiger partial charge in [0.1, 0.15) is 5.69 Å². The second kappa shape index (κ2) is 7.26. The molecule has 0 N–H and O–H groups in total. The smallest absolute Gasteiger partial charge is 0.293 e. The number of likely N-dealkylation sites (tertiary alicyclic amines) is 1. The maximum Gasteiger partial charge on any atom is 0.293 e. The highest BCUT2D eigenvalue weighted by molar-refractivity contribution is 5.91. The normalized spacial score (nSPS) is 16.1. The summed E-state index contributed by atoms with van der Waals surface area (Å²) in [6.45, 7) is 3.60. The Hall–Kier alpha value is -3.30. The molecule has 29 heavy (non-hydrogen) atoms. The number of amides is 1. The molecule has 1 amide bonds. The summed E-state index contributed by atoms with van der Waals surface area (Å²) in [4.78, 5) is 31.4. The Kier molecular flexibility index (Phi) is 4.77. The molecule has 0 aliphatic carbocycles. The molecule has 150 valence electrons. The molecule has 1 fully saturated rings. The average molecular weight is 399 g/mol. The van der Waals surface area contributed by atoms with E-state index >= 15 is 0 Å². The molecule has 4 rings (SSSR count). The minimum Gasteiger partial charge on any atom is -0.335 e. The van der Waals surface area contributed by atoms with Crippen molar-refractivity contribution in [1.82, 2.24) is 34.6 Å². The first kappa shape index (κ1) is 19.0. The Morgan fingerprint density at radius 3 is 2.34 bits per heavy atom. The molecule has 1 aliphatic rings. The van der Waals surface area contributed by atoms with E-state index < -0.39 is 11.8 Å². The molecule has 0 radical (unpaired) electrons. The molecule has 3 aromatic rings. The molecular formula is C19H19F2N7O. The van der Waals surface area contributed by atoms with Crippen LogP contribution in [0.5, 0.6) is 0 Å². The van der Waals surface area contributed by atoms with Crippen LogP contribution in [-0.2, 0) is 0 Å². The maximum atomic E-state index is 13.4. The third-order valence-corrected chi connectivity index (χ3v) is 4.73. The Bertz CT molecular complexity index is 959. The van der Waals surface area contributed by atoms with Crippen LogP contribution in [0.3, 0.4) is 0 Å². The first-order chi connectivity index (χ1) is 13.8. The number of hydrogen-bond donors (Lipinski definition) is 0. The molecule has 10 heteroatoms. The van der Waals surface area contributed by atoms with Crippen molar-refractivity contribution in [3.63, 3.8) is 0 Å². The van der Waals surface area contributed by atoms with Gasteiger partial charge in [-0.1, -0.05) is 0 Å². The molecule has 1 aliphatic heterocycles. The monoisotopic (exact) mass is 399 g/mol. The summed E-state index contributed by atoms with van der Waals surface area (Å²) in [6.07, 6.45) is 4.03. The molecule has 0 aromatic carbocycles. The number of alkyl halides is 2. The number of carbonyl (C=O) groups excluding carboxylic acids is 1. The van der Waals surface area contributed by atoms with Crippen LogP contribution in [0.4, 0.5) is 8.78 Å². The molecule has 3 aromatic heterocycles. The lowest BCUT2D eigenvalue weighted by Crippen LogP contribution is -2.43. The van der Waals surface area contributed by atoms with Crippen LogP contribution >= 0.6 is 0 Å². The molecule has 0 saturated carbocycles. The highest BCUT2D eigenvalue weighted by Gasteiger charge is 2.37. The van der Waals surface area contributed by atoms with E-state index in [1.807, 2.05) is 19.9 Å². The molecule has 0 atom stereocenters. The largest absolute Gasteiger partial charge is 0.335 e. The van der Waals surface area contributed by atoms with E-state index in [0.29, 0.717) is 17.2 Å². The van der Waals surface area contributed by atoms with Gasteiger partial charge in [-0.25, -0.2) is 23.4 Å². The average Bonchev–Trinajstić information content (AvgIpc) is 3.14. The summed E-state index contributed by atoms with van der Waals surface area (Å²) >= 11 is 0. The molecule has 0 unspecified atom stereocenters. The van der Waals surface area contributed by atoms with Gasteiger partial charge in [-0.2, -0.15) is 0 Å².